The maximum absolute atomic E-state index is 12.9. The summed E-state index contributed by atoms with van der Waals surface area (Å²) in [6.45, 7) is -1.16. The van der Waals surface area contributed by atoms with Crippen molar-refractivity contribution in [1.82, 2.24) is 0 Å². The molecule has 2 aromatic carbocycles. The van der Waals surface area contributed by atoms with Gasteiger partial charge in [-0.15, -0.1) is 0 Å². The van der Waals surface area contributed by atoms with Crippen LogP contribution in [0.4, 0.5) is 11.4 Å². The third kappa shape index (κ3) is 5.52. The predicted molar refractivity (Wildman–Crippen MR) is 125 cm³/mol. The highest BCUT2D eigenvalue weighted by atomic mass is 16.6. The Hall–Kier alpha value is -4.48. The number of rotatable bonds is 10. The molecule has 2 aliphatic carbocycles. The van der Waals surface area contributed by atoms with Crippen LogP contribution >= 0.6 is 0 Å². The minimum atomic E-state index is -0.801. The van der Waals surface area contributed by atoms with E-state index < -0.39 is 58.4 Å². The number of hydrogen-bond acceptors (Lipinski definition) is 10. The van der Waals surface area contributed by atoms with E-state index in [0.717, 1.165) is 12.8 Å². The quantitative estimate of drug-likeness (QED) is 0.200. The van der Waals surface area contributed by atoms with E-state index >= 15 is 0 Å². The van der Waals surface area contributed by atoms with E-state index in [1.54, 1.807) is 0 Å². The lowest BCUT2D eigenvalue weighted by Crippen LogP contribution is -2.38. The van der Waals surface area contributed by atoms with Crippen LogP contribution in [0.1, 0.15) is 40.0 Å². The first-order chi connectivity index (χ1) is 17.7. The molecule has 2 fully saturated rings. The molecule has 192 valence electrons. The molecule has 0 unspecified atom stereocenters. The molecule has 0 spiro atoms. The van der Waals surface area contributed by atoms with Crippen LogP contribution in [0.25, 0.3) is 0 Å². The standard InChI is InChI=1S/C25H22N2O10/c28-20(14-3-7-18(8-4-14)26(32)33)12-36-24(30)22-16-1-2-17(11-16)23(22)25(31)37-13-21(29)15-5-9-19(10-6-15)27(34)35/h3-10,16-17,22-23H,1-2,11-13H2/t16-,17+,22-,23+. The first kappa shape index (κ1) is 25.6. The fourth-order valence-corrected chi connectivity index (χ4v) is 5.14. The summed E-state index contributed by atoms with van der Waals surface area (Å²) in [5.74, 6) is -4.30. The fraction of sp³-hybridized carbons (Fsp3) is 0.360. The summed E-state index contributed by atoms with van der Waals surface area (Å²) in [5.41, 5.74) is -0.0630. The highest BCUT2D eigenvalue weighted by Crippen LogP contribution is 2.53. The van der Waals surface area contributed by atoms with Crippen LogP contribution in [0.3, 0.4) is 0 Å². The molecule has 0 aromatic heterocycles. The number of fused-ring (bicyclic) bond motifs is 2. The Morgan fingerprint density at radius 2 is 1.03 bits per heavy atom. The Labute approximate surface area is 209 Å². The van der Waals surface area contributed by atoms with Crippen molar-refractivity contribution in [3.05, 3.63) is 79.9 Å². The molecule has 4 rings (SSSR count). The molecule has 0 radical (unpaired) electrons. The molecule has 2 saturated carbocycles. The van der Waals surface area contributed by atoms with Gasteiger partial charge in [-0.3, -0.25) is 39.4 Å². The number of esters is 2. The van der Waals surface area contributed by atoms with Gasteiger partial charge in [-0.1, -0.05) is 0 Å². The fourth-order valence-electron chi connectivity index (χ4n) is 5.14. The number of nitro benzene ring substituents is 2. The summed E-state index contributed by atoms with van der Waals surface area (Å²) in [6, 6.07) is 9.79. The van der Waals surface area contributed by atoms with Crippen molar-refractivity contribution in [2.45, 2.75) is 19.3 Å². The third-order valence-corrected chi connectivity index (χ3v) is 6.95. The first-order valence-corrected chi connectivity index (χ1v) is 11.5. The number of ketones is 2. The number of benzene rings is 2. The second-order valence-corrected chi connectivity index (χ2v) is 9.05. The van der Waals surface area contributed by atoms with Crippen molar-refractivity contribution < 1.29 is 38.5 Å². The zero-order valence-electron chi connectivity index (χ0n) is 19.4. The Morgan fingerprint density at radius 1 is 0.676 bits per heavy atom. The van der Waals surface area contributed by atoms with Crippen LogP contribution in [-0.2, 0) is 19.1 Å². The molecule has 0 aliphatic heterocycles. The maximum atomic E-state index is 12.9. The number of ether oxygens (including phenoxy) is 2. The van der Waals surface area contributed by atoms with Crippen LogP contribution < -0.4 is 0 Å². The zero-order chi connectivity index (χ0) is 26.7. The normalized spacial score (nSPS) is 21.7. The smallest absolute Gasteiger partial charge is 0.310 e. The van der Waals surface area contributed by atoms with Gasteiger partial charge in [0.15, 0.2) is 24.8 Å². The van der Waals surface area contributed by atoms with Crippen molar-refractivity contribution in [3.8, 4) is 0 Å². The molecule has 0 amide bonds. The van der Waals surface area contributed by atoms with Crippen molar-refractivity contribution in [2.24, 2.45) is 23.7 Å². The van der Waals surface area contributed by atoms with Gasteiger partial charge >= 0.3 is 11.9 Å². The number of nitro groups is 2. The topological polar surface area (TPSA) is 173 Å². The Morgan fingerprint density at radius 3 is 1.35 bits per heavy atom. The molecular weight excluding hydrogens is 488 g/mol. The summed E-state index contributed by atoms with van der Waals surface area (Å²) >= 11 is 0. The van der Waals surface area contributed by atoms with Crippen molar-refractivity contribution in [2.75, 3.05) is 13.2 Å². The van der Waals surface area contributed by atoms with Crippen LogP contribution in [0.2, 0.25) is 0 Å². The zero-order valence-corrected chi connectivity index (χ0v) is 19.4. The SMILES string of the molecule is O=C(COC(=O)[C@@H]1[C@@H]2CC[C@@H](C2)[C@@H]1C(=O)OCC(=O)c1ccc([N+](=O)[O-])cc1)c1ccc([N+](=O)[O-])cc1. The van der Waals surface area contributed by atoms with Crippen molar-refractivity contribution >= 4 is 34.9 Å². The number of non-ortho nitro benzene ring substituents is 2. The van der Waals surface area contributed by atoms with Gasteiger partial charge in [-0.25, -0.2) is 0 Å². The third-order valence-electron chi connectivity index (χ3n) is 6.95. The minimum absolute atomic E-state index is 0.102. The number of carbonyl (C=O) groups is 4. The summed E-state index contributed by atoms with van der Waals surface area (Å²) in [6.07, 6.45) is 2.09. The molecule has 0 saturated heterocycles. The highest BCUT2D eigenvalue weighted by molar-refractivity contribution is 5.99. The lowest BCUT2D eigenvalue weighted by Gasteiger charge is -2.27. The van der Waals surface area contributed by atoms with E-state index in [0.29, 0.717) is 6.42 Å². The highest BCUT2D eigenvalue weighted by Gasteiger charge is 2.55. The van der Waals surface area contributed by atoms with Gasteiger partial charge in [-0.2, -0.15) is 0 Å². The van der Waals surface area contributed by atoms with E-state index in [1.165, 1.54) is 48.5 Å². The van der Waals surface area contributed by atoms with Gasteiger partial charge in [0.2, 0.25) is 0 Å². The van der Waals surface area contributed by atoms with Crippen molar-refractivity contribution in [3.63, 3.8) is 0 Å². The van der Waals surface area contributed by atoms with Gasteiger partial charge in [0.25, 0.3) is 11.4 Å². The van der Waals surface area contributed by atoms with Crippen LogP contribution in [0.5, 0.6) is 0 Å². The van der Waals surface area contributed by atoms with Gasteiger partial charge in [0.1, 0.15) is 0 Å². The van der Waals surface area contributed by atoms with E-state index in [-0.39, 0.29) is 34.3 Å². The molecule has 0 heterocycles. The van der Waals surface area contributed by atoms with Gasteiger partial charge in [0.05, 0.1) is 21.7 Å². The van der Waals surface area contributed by atoms with Crippen LogP contribution in [0, 0.1) is 43.9 Å². The van der Waals surface area contributed by atoms with Crippen molar-refractivity contribution in [1.29, 1.82) is 0 Å². The maximum Gasteiger partial charge on any atom is 0.310 e. The van der Waals surface area contributed by atoms with Gasteiger partial charge in [0, 0.05) is 35.4 Å². The van der Waals surface area contributed by atoms with E-state index in [4.69, 9.17) is 9.47 Å². The van der Waals surface area contributed by atoms with Gasteiger partial charge in [-0.05, 0) is 55.4 Å². The number of Topliss-reactive ketones (excluding diaryl/α,β-unsaturated/α-hetero) is 2. The van der Waals surface area contributed by atoms with Crippen LogP contribution in [-0.4, -0.2) is 46.6 Å². The van der Waals surface area contributed by atoms with Crippen LogP contribution in [0.15, 0.2) is 48.5 Å². The van der Waals surface area contributed by atoms with Gasteiger partial charge < -0.3 is 9.47 Å². The lowest BCUT2D eigenvalue weighted by atomic mass is 9.79. The number of hydrogen-bond donors (Lipinski definition) is 0. The molecule has 2 bridgehead atoms. The number of nitrogens with zero attached hydrogens (tertiary/aromatic N) is 2. The Balaban J connectivity index is 1.34. The molecular formula is C25H22N2O10. The summed E-state index contributed by atoms with van der Waals surface area (Å²) in [7, 11) is 0. The Bertz CT molecular complexity index is 1160. The molecule has 12 nitrogen and oxygen atoms in total. The van der Waals surface area contributed by atoms with E-state index in [1.807, 2.05) is 0 Å². The predicted octanol–water partition coefficient (Wildman–Crippen LogP) is 3.32. The molecule has 37 heavy (non-hydrogen) atoms. The minimum Gasteiger partial charge on any atom is -0.457 e. The largest absolute Gasteiger partial charge is 0.457 e. The molecule has 2 aliphatic rings. The molecule has 4 atom stereocenters. The summed E-state index contributed by atoms with van der Waals surface area (Å²) in [4.78, 5) is 70.8. The lowest BCUT2D eigenvalue weighted by molar-refractivity contribution is -0.385. The average molecular weight is 510 g/mol. The Kier molecular flexibility index (Phi) is 7.37. The second-order valence-electron chi connectivity index (χ2n) is 9.05. The molecule has 12 heteroatoms. The average Bonchev–Trinajstić information content (AvgIpc) is 3.52. The van der Waals surface area contributed by atoms with E-state index in [9.17, 15) is 39.4 Å². The second kappa shape index (κ2) is 10.6. The molecule has 2 aromatic rings. The van der Waals surface area contributed by atoms with E-state index in [2.05, 4.69) is 0 Å². The first-order valence-electron chi connectivity index (χ1n) is 11.5. The number of carbonyl (C=O) groups excluding carboxylic acids is 4. The summed E-state index contributed by atoms with van der Waals surface area (Å²) in [5, 5.41) is 21.5. The monoisotopic (exact) mass is 510 g/mol. The summed E-state index contributed by atoms with van der Waals surface area (Å²) < 4.78 is 10.5. The molecule has 0 N–H and O–H groups in total.